The second-order valence-electron chi connectivity index (χ2n) is 4.58. The summed E-state index contributed by atoms with van der Waals surface area (Å²) < 4.78 is 41.1. The maximum Gasteiger partial charge on any atom is 0.262 e. The minimum Gasteiger partial charge on any atom is -0.356 e. The zero-order valence-electron chi connectivity index (χ0n) is 10.8. The maximum atomic E-state index is 14.0. The molecule has 22 heavy (non-hydrogen) atoms. The molecule has 1 aliphatic rings. The van der Waals surface area contributed by atoms with Crippen LogP contribution in [0.25, 0.3) is 0 Å². The smallest absolute Gasteiger partial charge is 0.262 e. The van der Waals surface area contributed by atoms with Crippen molar-refractivity contribution >= 4 is 45.8 Å². The number of thiol groups is 1. The minimum atomic E-state index is -1.63. The lowest BCUT2D eigenvalue weighted by Crippen LogP contribution is -2.46. The molecule has 3 nitrogen and oxygen atoms in total. The predicted molar refractivity (Wildman–Crippen MR) is 83.7 cm³/mol. The topological polar surface area (TPSA) is 32.3 Å². The van der Waals surface area contributed by atoms with Crippen molar-refractivity contribution < 1.29 is 18.0 Å². The van der Waals surface area contributed by atoms with E-state index in [0.717, 1.165) is 17.0 Å². The van der Waals surface area contributed by atoms with E-state index in [4.69, 9.17) is 0 Å². The standard InChI is InChI=1S/C14H8BrF3N2OS/c15-6-1-3-9-7(5-6)13(21)20(14(22)19-9)10-4-2-8(16)11(17)12(10)18/h1-5,14,19,22H. The number of amides is 1. The number of fused-ring (bicyclic) bond motifs is 1. The largest absolute Gasteiger partial charge is 0.356 e. The van der Waals surface area contributed by atoms with Gasteiger partial charge in [-0.05, 0) is 30.3 Å². The molecule has 1 N–H and O–H groups in total. The molecule has 0 saturated heterocycles. The molecule has 8 heteroatoms. The molecular weight excluding hydrogens is 381 g/mol. The molecule has 0 saturated carbocycles. The van der Waals surface area contributed by atoms with Crippen molar-refractivity contribution in [2.45, 2.75) is 5.50 Å². The minimum absolute atomic E-state index is 0.267. The van der Waals surface area contributed by atoms with Gasteiger partial charge in [0.2, 0.25) is 0 Å². The Hall–Kier alpha value is -1.67. The fraction of sp³-hybridized carbons (Fsp3) is 0.0714. The maximum absolute atomic E-state index is 14.0. The van der Waals surface area contributed by atoms with E-state index in [2.05, 4.69) is 33.9 Å². The van der Waals surface area contributed by atoms with Gasteiger partial charge in [0.05, 0.1) is 11.3 Å². The zero-order chi connectivity index (χ0) is 16.0. The van der Waals surface area contributed by atoms with Gasteiger partial charge in [0.25, 0.3) is 5.91 Å². The lowest BCUT2D eigenvalue weighted by molar-refractivity contribution is 0.0982. The first kappa shape index (κ1) is 15.2. The van der Waals surface area contributed by atoms with Crippen molar-refractivity contribution in [2.24, 2.45) is 0 Å². The van der Waals surface area contributed by atoms with Crippen LogP contribution < -0.4 is 10.2 Å². The van der Waals surface area contributed by atoms with E-state index < -0.39 is 28.9 Å². The van der Waals surface area contributed by atoms with Crippen LogP contribution in [-0.2, 0) is 0 Å². The molecule has 2 aromatic rings. The molecule has 1 unspecified atom stereocenters. The zero-order valence-corrected chi connectivity index (χ0v) is 13.3. The number of hydrogen-bond acceptors (Lipinski definition) is 3. The SMILES string of the molecule is O=C1c2cc(Br)ccc2NC(S)N1c1ccc(F)c(F)c1F. The van der Waals surface area contributed by atoms with Gasteiger partial charge in [0, 0.05) is 10.2 Å². The Morgan fingerprint density at radius 2 is 1.86 bits per heavy atom. The molecule has 0 aromatic heterocycles. The summed E-state index contributed by atoms with van der Waals surface area (Å²) in [5, 5.41) is 2.89. The molecule has 0 fully saturated rings. The Labute approximate surface area is 137 Å². The summed E-state index contributed by atoms with van der Waals surface area (Å²) in [6.45, 7) is 0. The first-order chi connectivity index (χ1) is 10.4. The van der Waals surface area contributed by atoms with E-state index in [0.29, 0.717) is 10.2 Å². The first-order valence-corrected chi connectivity index (χ1v) is 7.42. The number of halogens is 4. The number of hydrogen-bond donors (Lipinski definition) is 2. The number of benzene rings is 2. The van der Waals surface area contributed by atoms with Crippen LogP contribution in [0.1, 0.15) is 10.4 Å². The average Bonchev–Trinajstić information content (AvgIpc) is 2.48. The Bertz CT molecular complexity index is 787. The molecular formula is C14H8BrF3N2OS. The van der Waals surface area contributed by atoms with Crippen LogP contribution in [0.5, 0.6) is 0 Å². The van der Waals surface area contributed by atoms with Crippen molar-refractivity contribution in [1.82, 2.24) is 0 Å². The van der Waals surface area contributed by atoms with E-state index >= 15 is 0 Å². The lowest BCUT2D eigenvalue weighted by Gasteiger charge is -2.35. The number of carbonyl (C=O) groups is 1. The highest BCUT2D eigenvalue weighted by Crippen LogP contribution is 2.34. The van der Waals surface area contributed by atoms with Crippen molar-refractivity contribution in [1.29, 1.82) is 0 Å². The highest BCUT2D eigenvalue weighted by Gasteiger charge is 2.34. The fourth-order valence-electron chi connectivity index (χ4n) is 2.21. The predicted octanol–water partition coefficient (Wildman–Crippen LogP) is 4.15. The van der Waals surface area contributed by atoms with Crippen LogP contribution in [0.3, 0.4) is 0 Å². The van der Waals surface area contributed by atoms with Crippen LogP contribution in [0.15, 0.2) is 34.8 Å². The second-order valence-corrected chi connectivity index (χ2v) is 5.98. The van der Waals surface area contributed by atoms with E-state index in [1.807, 2.05) is 0 Å². The molecule has 0 radical (unpaired) electrons. The average molecular weight is 389 g/mol. The van der Waals surface area contributed by atoms with E-state index in [-0.39, 0.29) is 11.3 Å². The van der Waals surface area contributed by atoms with Crippen molar-refractivity contribution in [3.63, 3.8) is 0 Å². The van der Waals surface area contributed by atoms with E-state index in [1.54, 1.807) is 18.2 Å². The van der Waals surface area contributed by atoms with Gasteiger partial charge >= 0.3 is 0 Å². The molecule has 0 bridgehead atoms. The van der Waals surface area contributed by atoms with Gasteiger partial charge in [-0.1, -0.05) is 15.9 Å². The molecule has 114 valence electrons. The van der Waals surface area contributed by atoms with Gasteiger partial charge in [-0.25, -0.2) is 13.2 Å². The third-order valence-corrected chi connectivity index (χ3v) is 4.09. The second kappa shape index (κ2) is 5.51. The Morgan fingerprint density at radius 3 is 2.59 bits per heavy atom. The monoisotopic (exact) mass is 388 g/mol. The Morgan fingerprint density at radius 1 is 1.14 bits per heavy atom. The van der Waals surface area contributed by atoms with Gasteiger partial charge in [-0.3, -0.25) is 9.69 Å². The number of nitrogens with zero attached hydrogens (tertiary/aromatic N) is 1. The summed E-state index contributed by atoms with van der Waals surface area (Å²) in [4.78, 5) is 13.5. The molecule has 1 aliphatic heterocycles. The fourth-order valence-corrected chi connectivity index (χ4v) is 2.94. The number of nitrogens with one attached hydrogen (secondary N) is 1. The van der Waals surface area contributed by atoms with Gasteiger partial charge in [0.1, 0.15) is 0 Å². The first-order valence-electron chi connectivity index (χ1n) is 6.11. The number of anilines is 2. The summed E-state index contributed by atoms with van der Waals surface area (Å²) >= 11 is 7.43. The summed E-state index contributed by atoms with van der Waals surface area (Å²) in [6, 6.07) is 6.71. The number of rotatable bonds is 1. The van der Waals surface area contributed by atoms with Crippen LogP contribution in [0.2, 0.25) is 0 Å². The molecule has 3 rings (SSSR count). The highest BCUT2D eigenvalue weighted by atomic mass is 79.9. The molecule has 0 aliphatic carbocycles. The highest BCUT2D eigenvalue weighted by molar-refractivity contribution is 9.10. The van der Waals surface area contributed by atoms with Crippen LogP contribution in [0.4, 0.5) is 24.5 Å². The molecule has 2 aromatic carbocycles. The molecule has 1 atom stereocenters. The van der Waals surface area contributed by atoms with Crippen molar-refractivity contribution in [3.8, 4) is 0 Å². The summed E-state index contributed by atoms with van der Waals surface area (Å²) in [5.41, 5.74) is -0.515. The third kappa shape index (κ3) is 2.36. The molecule has 1 heterocycles. The normalized spacial score (nSPS) is 17.2. The molecule has 0 spiro atoms. The van der Waals surface area contributed by atoms with Gasteiger partial charge in [0.15, 0.2) is 22.9 Å². The van der Waals surface area contributed by atoms with Crippen molar-refractivity contribution in [3.05, 3.63) is 57.8 Å². The Balaban J connectivity index is 2.13. The van der Waals surface area contributed by atoms with Gasteiger partial charge < -0.3 is 5.32 Å². The van der Waals surface area contributed by atoms with Gasteiger partial charge in [-0.15, -0.1) is 12.6 Å². The quantitative estimate of drug-likeness (QED) is 0.568. The van der Waals surface area contributed by atoms with Crippen LogP contribution in [-0.4, -0.2) is 11.4 Å². The van der Waals surface area contributed by atoms with Crippen molar-refractivity contribution in [2.75, 3.05) is 10.2 Å². The van der Waals surface area contributed by atoms with E-state index in [1.165, 1.54) is 0 Å². The summed E-state index contributed by atoms with van der Waals surface area (Å²) in [5.74, 6) is -4.96. The molecule has 1 amide bonds. The van der Waals surface area contributed by atoms with Crippen LogP contribution in [0, 0.1) is 17.5 Å². The number of carbonyl (C=O) groups excluding carboxylic acids is 1. The van der Waals surface area contributed by atoms with Crippen LogP contribution >= 0.6 is 28.6 Å². The summed E-state index contributed by atoms with van der Waals surface area (Å²) in [7, 11) is 0. The lowest BCUT2D eigenvalue weighted by atomic mass is 10.1. The van der Waals surface area contributed by atoms with Gasteiger partial charge in [-0.2, -0.15) is 0 Å². The third-order valence-electron chi connectivity index (χ3n) is 3.23. The Kier molecular flexibility index (Phi) is 3.82. The summed E-state index contributed by atoms with van der Waals surface area (Å²) in [6.07, 6.45) is 0. The van der Waals surface area contributed by atoms with E-state index in [9.17, 15) is 18.0 Å².